The first-order valence-electron chi connectivity index (χ1n) is 4.86. The smallest absolute Gasteiger partial charge is 0.234 e. The summed E-state index contributed by atoms with van der Waals surface area (Å²) >= 11 is 0. The summed E-state index contributed by atoms with van der Waals surface area (Å²) in [6.07, 6.45) is 2.65. The second-order valence-electron chi connectivity index (χ2n) is 3.66. The maximum Gasteiger partial charge on any atom is 0.234 e. The van der Waals surface area contributed by atoms with Crippen LogP contribution >= 0.6 is 0 Å². The largest absolute Gasteiger partial charge is 0.393 e. The highest BCUT2D eigenvalue weighted by Gasteiger charge is 2.22. The van der Waals surface area contributed by atoms with E-state index in [-0.39, 0.29) is 12.0 Å². The van der Waals surface area contributed by atoms with E-state index in [9.17, 15) is 4.79 Å². The Morgan fingerprint density at radius 2 is 2.31 bits per heavy atom. The van der Waals surface area contributed by atoms with Crippen molar-refractivity contribution in [1.82, 2.24) is 10.6 Å². The molecule has 4 heteroatoms. The Labute approximate surface area is 78.7 Å². The summed E-state index contributed by atoms with van der Waals surface area (Å²) in [5.74, 6) is 0.0630. The molecule has 0 radical (unpaired) electrons. The van der Waals surface area contributed by atoms with E-state index < -0.39 is 0 Å². The molecule has 0 aliphatic heterocycles. The summed E-state index contributed by atoms with van der Waals surface area (Å²) in [5, 5.41) is 14.8. The van der Waals surface area contributed by atoms with Gasteiger partial charge in [-0.25, -0.2) is 0 Å². The number of amides is 1. The van der Waals surface area contributed by atoms with Gasteiger partial charge >= 0.3 is 0 Å². The number of nitrogens with one attached hydrogen (secondary N) is 2. The van der Waals surface area contributed by atoms with Crippen molar-refractivity contribution >= 4 is 5.91 Å². The molecule has 0 spiro atoms. The van der Waals surface area contributed by atoms with Crippen LogP contribution < -0.4 is 10.6 Å². The van der Waals surface area contributed by atoms with Gasteiger partial charge in [-0.1, -0.05) is 0 Å². The van der Waals surface area contributed by atoms with Crippen LogP contribution in [0.1, 0.15) is 26.2 Å². The Bertz CT molecular complexity index is 167. The van der Waals surface area contributed by atoms with Crippen LogP contribution in [-0.4, -0.2) is 36.2 Å². The molecule has 1 aliphatic carbocycles. The fraction of sp³-hybridized carbons (Fsp3) is 0.889. The third-order valence-corrected chi connectivity index (χ3v) is 1.97. The number of carbonyl (C=O) groups is 1. The summed E-state index contributed by atoms with van der Waals surface area (Å²) in [7, 11) is 0. The standard InChI is InChI=1S/C9H18N2O2/c1-7(12)4-5-10-6-9(13)11-8-2-3-8/h7-8,10,12H,2-6H2,1H3,(H,11,13). The molecule has 13 heavy (non-hydrogen) atoms. The Hall–Kier alpha value is -0.610. The van der Waals surface area contributed by atoms with Crippen molar-refractivity contribution in [3.8, 4) is 0 Å². The fourth-order valence-electron chi connectivity index (χ4n) is 1.02. The van der Waals surface area contributed by atoms with Crippen molar-refractivity contribution in [2.75, 3.05) is 13.1 Å². The number of hydrogen-bond donors (Lipinski definition) is 3. The van der Waals surface area contributed by atoms with Gasteiger partial charge in [-0.05, 0) is 32.7 Å². The van der Waals surface area contributed by atoms with Crippen molar-refractivity contribution < 1.29 is 9.90 Å². The first kappa shape index (κ1) is 10.5. The van der Waals surface area contributed by atoms with E-state index in [1.165, 1.54) is 0 Å². The lowest BCUT2D eigenvalue weighted by Gasteiger charge is -2.06. The zero-order valence-corrected chi connectivity index (χ0v) is 8.05. The minimum Gasteiger partial charge on any atom is -0.393 e. The third-order valence-electron chi connectivity index (χ3n) is 1.97. The molecule has 0 saturated heterocycles. The summed E-state index contributed by atoms with van der Waals surface area (Å²) in [6.45, 7) is 2.80. The Morgan fingerprint density at radius 1 is 1.62 bits per heavy atom. The molecule has 0 heterocycles. The topological polar surface area (TPSA) is 61.4 Å². The van der Waals surface area contributed by atoms with Crippen LogP contribution in [0, 0.1) is 0 Å². The van der Waals surface area contributed by atoms with E-state index in [0.717, 1.165) is 12.8 Å². The molecule has 1 rings (SSSR count). The van der Waals surface area contributed by atoms with E-state index in [4.69, 9.17) is 5.11 Å². The number of hydrogen-bond acceptors (Lipinski definition) is 3. The second kappa shape index (κ2) is 5.19. The van der Waals surface area contributed by atoms with Crippen molar-refractivity contribution in [2.24, 2.45) is 0 Å². The monoisotopic (exact) mass is 186 g/mol. The molecule has 1 saturated carbocycles. The van der Waals surface area contributed by atoms with E-state index in [0.29, 0.717) is 25.6 Å². The van der Waals surface area contributed by atoms with Crippen LogP contribution in [0.15, 0.2) is 0 Å². The maximum absolute atomic E-state index is 11.1. The van der Waals surface area contributed by atoms with Gasteiger partial charge in [-0.2, -0.15) is 0 Å². The third kappa shape index (κ3) is 5.60. The SMILES string of the molecule is CC(O)CCNCC(=O)NC1CC1. The van der Waals surface area contributed by atoms with Crippen LogP contribution in [-0.2, 0) is 4.79 Å². The molecule has 1 amide bonds. The van der Waals surface area contributed by atoms with E-state index >= 15 is 0 Å². The zero-order valence-electron chi connectivity index (χ0n) is 8.05. The number of aliphatic hydroxyl groups is 1. The quantitative estimate of drug-likeness (QED) is 0.496. The molecule has 0 aromatic rings. The van der Waals surface area contributed by atoms with Crippen LogP contribution in [0.4, 0.5) is 0 Å². The first-order chi connectivity index (χ1) is 6.18. The predicted molar refractivity (Wildman–Crippen MR) is 50.3 cm³/mol. The van der Waals surface area contributed by atoms with Crippen LogP contribution in [0.25, 0.3) is 0 Å². The van der Waals surface area contributed by atoms with Gasteiger partial charge in [0.1, 0.15) is 0 Å². The molecular weight excluding hydrogens is 168 g/mol. The molecule has 76 valence electrons. The zero-order chi connectivity index (χ0) is 9.68. The summed E-state index contributed by atoms with van der Waals surface area (Å²) in [4.78, 5) is 11.1. The Morgan fingerprint density at radius 3 is 2.85 bits per heavy atom. The van der Waals surface area contributed by atoms with Crippen molar-refractivity contribution in [3.05, 3.63) is 0 Å². The number of aliphatic hydroxyl groups excluding tert-OH is 1. The van der Waals surface area contributed by atoms with Gasteiger partial charge in [0.25, 0.3) is 0 Å². The van der Waals surface area contributed by atoms with E-state index in [1.807, 2.05) is 0 Å². The highest BCUT2D eigenvalue weighted by Crippen LogP contribution is 2.18. The molecule has 0 aromatic carbocycles. The first-order valence-corrected chi connectivity index (χ1v) is 4.86. The molecule has 3 N–H and O–H groups in total. The van der Waals surface area contributed by atoms with Crippen molar-refractivity contribution in [1.29, 1.82) is 0 Å². The van der Waals surface area contributed by atoms with Crippen molar-refractivity contribution in [3.63, 3.8) is 0 Å². The number of carbonyl (C=O) groups excluding carboxylic acids is 1. The molecule has 1 unspecified atom stereocenters. The molecule has 1 aliphatic rings. The molecular formula is C9H18N2O2. The lowest BCUT2D eigenvalue weighted by atomic mass is 10.3. The lowest BCUT2D eigenvalue weighted by molar-refractivity contribution is -0.120. The molecule has 1 fully saturated rings. The maximum atomic E-state index is 11.1. The second-order valence-corrected chi connectivity index (χ2v) is 3.66. The lowest BCUT2D eigenvalue weighted by Crippen LogP contribution is -2.35. The summed E-state index contributed by atoms with van der Waals surface area (Å²) in [6, 6.07) is 0.436. The highest BCUT2D eigenvalue weighted by molar-refractivity contribution is 5.78. The minimum atomic E-state index is -0.293. The average Bonchev–Trinajstić information content (AvgIpc) is 2.81. The van der Waals surface area contributed by atoms with Gasteiger partial charge in [0.15, 0.2) is 0 Å². The highest BCUT2D eigenvalue weighted by atomic mass is 16.3. The fourth-order valence-corrected chi connectivity index (χ4v) is 1.02. The van der Waals surface area contributed by atoms with Gasteiger partial charge < -0.3 is 15.7 Å². The summed E-state index contributed by atoms with van der Waals surface area (Å²) in [5.41, 5.74) is 0. The van der Waals surface area contributed by atoms with Gasteiger partial charge in [0, 0.05) is 6.04 Å². The van der Waals surface area contributed by atoms with E-state index in [2.05, 4.69) is 10.6 Å². The van der Waals surface area contributed by atoms with Gasteiger partial charge in [-0.15, -0.1) is 0 Å². The van der Waals surface area contributed by atoms with Crippen LogP contribution in [0.5, 0.6) is 0 Å². The van der Waals surface area contributed by atoms with Gasteiger partial charge in [0.05, 0.1) is 12.6 Å². The molecule has 0 aromatic heterocycles. The molecule has 0 bridgehead atoms. The minimum absolute atomic E-state index is 0.0630. The van der Waals surface area contributed by atoms with Crippen LogP contribution in [0.3, 0.4) is 0 Å². The number of rotatable bonds is 6. The Kier molecular flexibility index (Phi) is 4.18. The average molecular weight is 186 g/mol. The van der Waals surface area contributed by atoms with Crippen molar-refractivity contribution in [2.45, 2.75) is 38.3 Å². The van der Waals surface area contributed by atoms with Gasteiger partial charge in [-0.3, -0.25) is 4.79 Å². The van der Waals surface area contributed by atoms with Crippen LogP contribution in [0.2, 0.25) is 0 Å². The van der Waals surface area contributed by atoms with Gasteiger partial charge in [0.2, 0.25) is 5.91 Å². The molecule has 1 atom stereocenters. The molecule has 4 nitrogen and oxygen atoms in total. The normalized spacial score (nSPS) is 18.3. The summed E-state index contributed by atoms with van der Waals surface area (Å²) < 4.78 is 0. The van der Waals surface area contributed by atoms with E-state index in [1.54, 1.807) is 6.92 Å². The predicted octanol–water partition coefficient (Wildman–Crippen LogP) is -0.374. The Balaban J connectivity index is 1.89.